The van der Waals surface area contributed by atoms with Crippen molar-refractivity contribution in [1.82, 2.24) is 15.0 Å². The SMILES string of the molecule is COc1ccc(N2CCN(c3ncnc4sc(C(=O)Nc5ccc(Cl)cn5)c(C)c34)CC2)cc1. The van der Waals surface area contributed by atoms with E-state index in [9.17, 15) is 4.79 Å². The van der Waals surface area contributed by atoms with Crippen molar-refractivity contribution in [2.24, 2.45) is 0 Å². The van der Waals surface area contributed by atoms with E-state index in [0.29, 0.717) is 15.7 Å². The average Bonchev–Trinajstić information content (AvgIpc) is 3.22. The number of hydrogen-bond acceptors (Lipinski definition) is 8. The molecule has 3 aromatic heterocycles. The molecule has 4 aromatic rings. The molecule has 1 fully saturated rings. The van der Waals surface area contributed by atoms with Crippen LogP contribution in [0.15, 0.2) is 48.9 Å². The van der Waals surface area contributed by atoms with Gasteiger partial charge in [-0.3, -0.25) is 4.79 Å². The number of hydrogen-bond donors (Lipinski definition) is 1. The number of aryl methyl sites for hydroxylation is 1. The maximum atomic E-state index is 13.0. The Kier molecular flexibility index (Phi) is 6.21. The Morgan fingerprint density at radius 3 is 2.44 bits per heavy atom. The summed E-state index contributed by atoms with van der Waals surface area (Å²) >= 11 is 7.26. The zero-order valence-electron chi connectivity index (χ0n) is 18.8. The molecule has 0 unspecified atom stereocenters. The minimum atomic E-state index is -0.217. The quantitative estimate of drug-likeness (QED) is 0.433. The molecular weight excluding hydrogens is 472 g/mol. The number of aromatic nitrogens is 3. The third-order valence-corrected chi connectivity index (χ3v) is 7.32. The molecule has 1 amide bonds. The zero-order chi connectivity index (χ0) is 23.7. The molecule has 0 aliphatic carbocycles. The Labute approximate surface area is 206 Å². The summed E-state index contributed by atoms with van der Waals surface area (Å²) < 4.78 is 5.26. The first kappa shape index (κ1) is 22.4. The minimum absolute atomic E-state index is 0.217. The number of halogens is 1. The summed E-state index contributed by atoms with van der Waals surface area (Å²) in [6.07, 6.45) is 3.08. The normalized spacial score (nSPS) is 13.9. The predicted octanol–water partition coefficient (Wildman–Crippen LogP) is 4.64. The van der Waals surface area contributed by atoms with Gasteiger partial charge in [-0.15, -0.1) is 11.3 Å². The first-order valence-corrected chi connectivity index (χ1v) is 12.0. The molecule has 0 atom stereocenters. The largest absolute Gasteiger partial charge is 0.497 e. The van der Waals surface area contributed by atoms with E-state index < -0.39 is 0 Å². The Hall–Kier alpha value is -3.43. The summed E-state index contributed by atoms with van der Waals surface area (Å²) in [7, 11) is 1.67. The molecule has 8 nitrogen and oxygen atoms in total. The first-order valence-electron chi connectivity index (χ1n) is 10.8. The smallest absolute Gasteiger partial charge is 0.267 e. The summed E-state index contributed by atoms with van der Waals surface area (Å²) in [6.45, 7) is 5.34. The van der Waals surface area contributed by atoms with Gasteiger partial charge in [0.1, 0.15) is 28.5 Å². The number of nitrogens with zero attached hydrogens (tertiary/aromatic N) is 5. The summed E-state index contributed by atoms with van der Waals surface area (Å²) in [5.41, 5.74) is 2.05. The number of anilines is 3. The molecule has 0 bridgehead atoms. The molecule has 4 heterocycles. The number of carbonyl (C=O) groups is 1. The fourth-order valence-electron chi connectivity index (χ4n) is 4.10. The Morgan fingerprint density at radius 2 is 1.76 bits per heavy atom. The number of piperazine rings is 1. The molecule has 174 valence electrons. The molecule has 1 aliphatic rings. The van der Waals surface area contributed by atoms with Crippen LogP contribution in [-0.2, 0) is 0 Å². The second-order valence-electron chi connectivity index (χ2n) is 7.92. The van der Waals surface area contributed by atoms with Crippen LogP contribution in [0.5, 0.6) is 5.75 Å². The molecule has 5 rings (SSSR count). The Balaban J connectivity index is 1.35. The molecule has 1 N–H and O–H groups in total. The predicted molar refractivity (Wildman–Crippen MR) is 137 cm³/mol. The number of thiophene rings is 1. The number of carbonyl (C=O) groups excluding carboxylic acids is 1. The number of methoxy groups -OCH3 is 1. The van der Waals surface area contributed by atoms with Gasteiger partial charge in [-0.1, -0.05) is 11.6 Å². The van der Waals surface area contributed by atoms with Crippen molar-refractivity contribution in [3.63, 3.8) is 0 Å². The third kappa shape index (κ3) is 4.36. The topological polar surface area (TPSA) is 83.5 Å². The first-order chi connectivity index (χ1) is 16.5. The maximum Gasteiger partial charge on any atom is 0.267 e. The van der Waals surface area contributed by atoms with Gasteiger partial charge in [-0.25, -0.2) is 15.0 Å². The third-order valence-electron chi connectivity index (χ3n) is 5.90. The lowest BCUT2D eigenvalue weighted by Gasteiger charge is -2.37. The van der Waals surface area contributed by atoms with Crippen LogP contribution >= 0.6 is 22.9 Å². The summed E-state index contributed by atoms with van der Waals surface area (Å²) in [6, 6.07) is 11.5. The Bertz CT molecular complexity index is 1320. The second-order valence-corrected chi connectivity index (χ2v) is 9.36. The molecule has 1 saturated heterocycles. The van der Waals surface area contributed by atoms with E-state index in [2.05, 4.69) is 42.2 Å². The van der Waals surface area contributed by atoms with Gasteiger partial charge in [0.05, 0.1) is 22.4 Å². The molecule has 10 heteroatoms. The zero-order valence-corrected chi connectivity index (χ0v) is 20.4. The maximum absolute atomic E-state index is 13.0. The lowest BCUT2D eigenvalue weighted by atomic mass is 10.1. The molecule has 34 heavy (non-hydrogen) atoms. The van der Waals surface area contributed by atoms with Gasteiger partial charge >= 0.3 is 0 Å². The van der Waals surface area contributed by atoms with Crippen molar-refractivity contribution in [2.75, 3.05) is 48.4 Å². The molecule has 0 spiro atoms. The fraction of sp³-hybridized carbons (Fsp3) is 0.250. The van der Waals surface area contributed by atoms with E-state index in [1.165, 1.54) is 23.2 Å². The van der Waals surface area contributed by atoms with Gasteiger partial charge in [0, 0.05) is 38.1 Å². The van der Waals surface area contributed by atoms with Gasteiger partial charge < -0.3 is 19.9 Å². The minimum Gasteiger partial charge on any atom is -0.497 e. The number of ether oxygens (including phenoxy) is 1. The Morgan fingerprint density at radius 1 is 1.03 bits per heavy atom. The molecule has 1 aliphatic heterocycles. The van der Waals surface area contributed by atoms with Crippen molar-refractivity contribution < 1.29 is 9.53 Å². The molecule has 0 saturated carbocycles. The number of nitrogens with one attached hydrogen (secondary N) is 1. The molecule has 0 radical (unpaired) electrons. The van der Waals surface area contributed by atoms with E-state index in [-0.39, 0.29) is 5.91 Å². The number of pyridine rings is 1. The van der Waals surface area contributed by atoms with E-state index in [0.717, 1.165) is 53.5 Å². The van der Waals surface area contributed by atoms with E-state index in [4.69, 9.17) is 16.3 Å². The summed E-state index contributed by atoms with van der Waals surface area (Å²) in [4.78, 5) is 32.2. The lowest BCUT2D eigenvalue weighted by molar-refractivity contribution is 0.102. The van der Waals surface area contributed by atoms with E-state index >= 15 is 0 Å². The van der Waals surface area contributed by atoms with Crippen LogP contribution in [0.4, 0.5) is 17.3 Å². The van der Waals surface area contributed by atoms with Crippen LogP contribution in [0.2, 0.25) is 5.02 Å². The van der Waals surface area contributed by atoms with Crippen LogP contribution in [0, 0.1) is 6.92 Å². The monoisotopic (exact) mass is 494 g/mol. The van der Waals surface area contributed by atoms with Gasteiger partial charge in [0.25, 0.3) is 5.91 Å². The average molecular weight is 495 g/mol. The van der Waals surface area contributed by atoms with Crippen LogP contribution in [0.1, 0.15) is 15.2 Å². The van der Waals surface area contributed by atoms with Crippen molar-refractivity contribution in [2.45, 2.75) is 6.92 Å². The lowest BCUT2D eigenvalue weighted by Crippen LogP contribution is -2.46. The van der Waals surface area contributed by atoms with Crippen LogP contribution < -0.4 is 19.9 Å². The van der Waals surface area contributed by atoms with Crippen LogP contribution in [-0.4, -0.2) is 54.1 Å². The highest BCUT2D eigenvalue weighted by molar-refractivity contribution is 7.20. The van der Waals surface area contributed by atoms with Gasteiger partial charge in [-0.2, -0.15) is 0 Å². The fourth-order valence-corrected chi connectivity index (χ4v) is 5.25. The highest BCUT2D eigenvalue weighted by Gasteiger charge is 2.25. The molecule has 1 aromatic carbocycles. The summed E-state index contributed by atoms with van der Waals surface area (Å²) in [5.74, 6) is 1.96. The van der Waals surface area contributed by atoms with Crippen LogP contribution in [0.3, 0.4) is 0 Å². The summed E-state index contributed by atoms with van der Waals surface area (Å²) in [5, 5.41) is 4.29. The number of rotatable bonds is 5. The van der Waals surface area contributed by atoms with Gasteiger partial charge in [-0.05, 0) is 48.9 Å². The number of fused-ring (bicyclic) bond motifs is 1. The van der Waals surface area contributed by atoms with Crippen LogP contribution in [0.25, 0.3) is 10.2 Å². The van der Waals surface area contributed by atoms with Gasteiger partial charge in [0.15, 0.2) is 0 Å². The van der Waals surface area contributed by atoms with Crippen molar-refractivity contribution in [1.29, 1.82) is 0 Å². The second kappa shape index (κ2) is 9.44. The van der Waals surface area contributed by atoms with E-state index in [1.54, 1.807) is 25.6 Å². The number of amides is 1. The van der Waals surface area contributed by atoms with Crippen molar-refractivity contribution in [3.05, 3.63) is 64.4 Å². The molecular formula is C24H23ClN6O2S. The number of benzene rings is 1. The van der Waals surface area contributed by atoms with Crippen molar-refractivity contribution >= 4 is 56.4 Å². The van der Waals surface area contributed by atoms with Gasteiger partial charge in [0.2, 0.25) is 0 Å². The standard InChI is InChI=1S/C24H23ClN6O2S/c1-15-20-22(31-11-9-30(10-12-31)17-4-6-18(33-2)7-5-17)27-14-28-24(20)34-21(15)23(32)29-19-8-3-16(25)13-26-19/h3-8,13-14H,9-12H2,1-2H3,(H,26,29,32). The highest BCUT2D eigenvalue weighted by Crippen LogP contribution is 2.36. The van der Waals surface area contributed by atoms with E-state index in [1.807, 2.05) is 19.1 Å². The highest BCUT2D eigenvalue weighted by atomic mass is 35.5. The van der Waals surface area contributed by atoms with Crippen molar-refractivity contribution in [3.8, 4) is 5.75 Å².